The highest BCUT2D eigenvalue weighted by Gasteiger charge is 2.12. The molecule has 0 aliphatic carbocycles. The summed E-state index contributed by atoms with van der Waals surface area (Å²) in [6.45, 7) is 7.89. The molecule has 4 heteroatoms. The van der Waals surface area contributed by atoms with Gasteiger partial charge in [-0.05, 0) is 31.9 Å². The van der Waals surface area contributed by atoms with Crippen molar-refractivity contribution in [2.75, 3.05) is 18.0 Å². The van der Waals surface area contributed by atoms with E-state index >= 15 is 0 Å². The molecule has 0 radical (unpaired) electrons. The minimum atomic E-state index is 0.726. The molecule has 0 heterocycles. The molecule has 0 aliphatic rings. The molecule has 0 aliphatic heterocycles. The Hall–Kier alpha value is -1.55. The molecule has 1 aromatic carbocycles. The second kappa shape index (κ2) is 6.91. The van der Waals surface area contributed by atoms with Crippen LogP contribution in [-0.4, -0.2) is 19.0 Å². The Labute approximate surface area is 104 Å². The maximum Gasteiger partial charge on any atom is 0.212 e. The van der Waals surface area contributed by atoms with E-state index in [9.17, 15) is 0 Å². The van der Waals surface area contributed by atoms with Gasteiger partial charge in [0.1, 0.15) is 0 Å². The third kappa shape index (κ3) is 3.46. The first-order chi connectivity index (χ1) is 8.24. The summed E-state index contributed by atoms with van der Waals surface area (Å²) in [5, 5.41) is 0. The van der Waals surface area contributed by atoms with Gasteiger partial charge in [0.05, 0.1) is 0 Å². The zero-order valence-electron chi connectivity index (χ0n) is 10.9. The summed E-state index contributed by atoms with van der Waals surface area (Å²) >= 11 is 0. The first kappa shape index (κ1) is 13.5. The predicted octanol–water partition coefficient (Wildman–Crippen LogP) is 2.05. The molecule has 94 valence electrons. The van der Waals surface area contributed by atoms with Crippen molar-refractivity contribution in [3.8, 4) is 0 Å². The van der Waals surface area contributed by atoms with Crippen LogP contribution in [-0.2, 0) is 0 Å². The number of rotatable bonds is 4. The summed E-state index contributed by atoms with van der Waals surface area (Å²) in [6.07, 6.45) is 1.01. The Morgan fingerprint density at radius 2 is 2.06 bits per heavy atom. The van der Waals surface area contributed by atoms with Gasteiger partial charge in [0, 0.05) is 18.8 Å². The molecule has 0 atom stereocenters. The Kier molecular flexibility index (Phi) is 5.49. The average molecular weight is 234 g/mol. The third-order valence-corrected chi connectivity index (χ3v) is 2.59. The van der Waals surface area contributed by atoms with E-state index in [4.69, 9.17) is 5.84 Å². The molecule has 4 nitrogen and oxygen atoms in total. The molecule has 0 spiro atoms. The van der Waals surface area contributed by atoms with Crippen LogP contribution in [0.4, 0.5) is 5.69 Å². The number of hydrazine groups is 1. The van der Waals surface area contributed by atoms with Gasteiger partial charge in [0.25, 0.3) is 0 Å². The van der Waals surface area contributed by atoms with Crippen LogP contribution in [0.2, 0.25) is 0 Å². The molecule has 1 rings (SSSR count). The Morgan fingerprint density at radius 3 is 2.59 bits per heavy atom. The third-order valence-electron chi connectivity index (χ3n) is 2.59. The van der Waals surface area contributed by atoms with Crippen LogP contribution in [0.5, 0.6) is 0 Å². The number of benzene rings is 1. The predicted molar refractivity (Wildman–Crippen MR) is 74.1 cm³/mol. The molecule has 0 aromatic heterocycles. The zero-order chi connectivity index (χ0) is 12.7. The van der Waals surface area contributed by atoms with Crippen LogP contribution in [0.1, 0.15) is 25.8 Å². The first-order valence-corrected chi connectivity index (χ1v) is 6.08. The number of nitrogens with zero attached hydrogens (tertiary/aromatic N) is 2. The van der Waals surface area contributed by atoms with Crippen molar-refractivity contribution in [2.45, 2.75) is 27.2 Å². The molecule has 1 aromatic rings. The fourth-order valence-electron chi connectivity index (χ4n) is 1.73. The second-order valence-electron chi connectivity index (χ2n) is 3.88. The highest BCUT2D eigenvalue weighted by Crippen LogP contribution is 2.19. The summed E-state index contributed by atoms with van der Waals surface area (Å²) in [5.74, 6) is 6.28. The van der Waals surface area contributed by atoms with Crippen molar-refractivity contribution < 1.29 is 0 Å². The second-order valence-corrected chi connectivity index (χ2v) is 3.88. The lowest BCUT2D eigenvalue weighted by atomic mass is 10.2. The number of aryl methyl sites for hydroxylation is 1. The van der Waals surface area contributed by atoms with Crippen molar-refractivity contribution >= 4 is 11.6 Å². The lowest BCUT2D eigenvalue weighted by Crippen LogP contribution is -2.45. The number of hydrogen-bond donors (Lipinski definition) is 2. The lowest BCUT2D eigenvalue weighted by molar-refractivity contribution is 0.871. The molecular weight excluding hydrogens is 212 g/mol. The smallest absolute Gasteiger partial charge is 0.212 e. The fourth-order valence-corrected chi connectivity index (χ4v) is 1.73. The van der Waals surface area contributed by atoms with E-state index in [0.717, 1.165) is 31.2 Å². The zero-order valence-corrected chi connectivity index (χ0v) is 10.9. The van der Waals surface area contributed by atoms with Gasteiger partial charge < -0.3 is 4.90 Å². The van der Waals surface area contributed by atoms with Crippen molar-refractivity contribution in [1.82, 2.24) is 5.43 Å². The average Bonchev–Trinajstić information content (AvgIpc) is 2.36. The molecule has 17 heavy (non-hydrogen) atoms. The minimum absolute atomic E-state index is 0.726. The van der Waals surface area contributed by atoms with Crippen LogP contribution in [0.15, 0.2) is 29.3 Å². The quantitative estimate of drug-likeness (QED) is 0.363. The topological polar surface area (TPSA) is 53.6 Å². The number of hydrogen-bond acceptors (Lipinski definition) is 2. The van der Waals surface area contributed by atoms with Crippen LogP contribution in [0.25, 0.3) is 0 Å². The molecular formula is C13H22N4. The van der Waals surface area contributed by atoms with E-state index in [0.29, 0.717) is 0 Å². The summed E-state index contributed by atoms with van der Waals surface area (Å²) in [6, 6.07) is 8.23. The standard InChI is InChI=1S/C13H22N4/c1-4-10-15-13(16-14)17(5-2)12-9-7-6-8-11(12)3/h6-9H,4-5,10,14H2,1-3H3,(H,15,16). The Morgan fingerprint density at radius 1 is 1.35 bits per heavy atom. The molecule has 0 saturated heterocycles. The van der Waals surface area contributed by atoms with Gasteiger partial charge in [0.15, 0.2) is 0 Å². The first-order valence-electron chi connectivity index (χ1n) is 6.08. The normalized spacial score (nSPS) is 11.4. The summed E-state index contributed by atoms with van der Waals surface area (Å²) < 4.78 is 0. The van der Waals surface area contributed by atoms with Gasteiger partial charge in [-0.1, -0.05) is 25.1 Å². The van der Waals surface area contributed by atoms with Gasteiger partial charge in [-0.3, -0.25) is 10.4 Å². The van der Waals surface area contributed by atoms with Gasteiger partial charge >= 0.3 is 0 Å². The van der Waals surface area contributed by atoms with E-state index in [2.05, 4.69) is 48.2 Å². The van der Waals surface area contributed by atoms with Gasteiger partial charge in [-0.25, -0.2) is 5.84 Å². The number of aliphatic imine (C=N–C) groups is 1. The summed E-state index contributed by atoms with van der Waals surface area (Å²) in [5.41, 5.74) is 5.05. The highest BCUT2D eigenvalue weighted by atomic mass is 15.4. The number of para-hydroxylation sites is 1. The van der Waals surface area contributed by atoms with Crippen molar-refractivity contribution in [3.05, 3.63) is 29.8 Å². The van der Waals surface area contributed by atoms with Crippen molar-refractivity contribution in [2.24, 2.45) is 10.8 Å². The molecule has 0 saturated carbocycles. The summed E-state index contributed by atoms with van der Waals surface area (Å²) in [7, 11) is 0. The number of nitrogens with two attached hydrogens (primary N) is 1. The van der Waals surface area contributed by atoms with E-state index in [1.54, 1.807) is 0 Å². The minimum Gasteiger partial charge on any atom is -0.312 e. The molecule has 0 bridgehead atoms. The van der Waals surface area contributed by atoms with E-state index in [1.807, 2.05) is 12.1 Å². The van der Waals surface area contributed by atoms with E-state index < -0.39 is 0 Å². The number of nitrogens with one attached hydrogen (secondary N) is 1. The van der Waals surface area contributed by atoms with E-state index in [-0.39, 0.29) is 0 Å². The van der Waals surface area contributed by atoms with E-state index in [1.165, 1.54) is 5.56 Å². The van der Waals surface area contributed by atoms with Crippen molar-refractivity contribution in [1.29, 1.82) is 0 Å². The van der Waals surface area contributed by atoms with Crippen LogP contribution >= 0.6 is 0 Å². The van der Waals surface area contributed by atoms with Crippen LogP contribution < -0.4 is 16.2 Å². The SMILES string of the molecule is CCCN=C(NN)N(CC)c1ccccc1C. The van der Waals surface area contributed by atoms with Gasteiger partial charge in [0.2, 0.25) is 5.96 Å². The maximum atomic E-state index is 5.55. The molecule has 0 unspecified atom stereocenters. The van der Waals surface area contributed by atoms with Crippen molar-refractivity contribution in [3.63, 3.8) is 0 Å². The monoisotopic (exact) mass is 234 g/mol. The van der Waals surface area contributed by atoms with Gasteiger partial charge in [-0.15, -0.1) is 0 Å². The summed E-state index contributed by atoms with van der Waals surface area (Å²) in [4.78, 5) is 6.54. The number of guanidine groups is 1. The highest BCUT2D eigenvalue weighted by molar-refractivity contribution is 5.96. The Balaban J connectivity index is 3.01. The fraction of sp³-hybridized carbons (Fsp3) is 0.462. The lowest BCUT2D eigenvalue weighted by Gasteiger charge is -2.25. The van der Waals surface area contributed by atoms with Crippen LogP contribution in [0.3, 0.4) is 0 Å². The molecule has 0 amide bonds. The molecule has 0 fully saturated rings. The van der Waals surface area contributed by atoms with Crippen LogP contribution in [0, 0.1) is 6.92 Å². The molecule has 3 N–H and O–H groups in total. The number of anilines is 1. The largest absolute Gasteiger partial charge is 0.312 e. The maximum absolute atomic E-state index is 5.55. The van der Waals surface area contributed by atoms with Gasteiger partial charge in [-0.2, -0.15) is 0 Å². The Bertz CT molecular complexity index is 373.